The molecule has 1 amide bonds. The van der Waals surface area contributed by atoms with Crippen molar-refractivity contribution in [3.63, 3.8) is 0 Å². The van der Waals surface area contributed by atoms with Crippen LogP contribution in [0.25, 0.3) is 6.08 Å². The first-order valence-electron chi connectivity index (χ1n) is 10.1. The normalized spacial score (nSPS) is 15.8. The summed E-state index contributed by atoms with van der Waals surface area (Å²) in [5.74, 6) is 2.82. The molecule has 30 heavy (non-hydrogen) atoms. The van der Waals surface area contributed by atoms with Crippen LogP contribution in [0.2, 0.25) is 0 Å². The number of hydrogen-bond donors (Lipinski definition) is 0. The van der Waals surface area contributed by atoms with Crippen molar-refractivity contribution in [2.45, 2.75) is 31.9 Å². The zero-order valence-electron chi connectivity index (χ0n) is 16.9. The number of hydrogen-bond acceptors (Lipinski definition) is 3. The summed E-state index contributed by atoms with van der Waals surface area (Å²) in [6.45, 7) is 2.18. The van der Waals surface area contributed by atoms with Crippen LogP contribution in [0.4, 0.5) is 4.39 Å². The molecule has 0 N–H and O–H groups in total. The molecule has 2 aromatic carbocycles. The Morgan fingerprint density at radius 3 is 2.83 bits per heavy atom. The van der Waals surface area contributed by atoms with E-state index in [2.05, 4.69) is 5.92 Å². The lowest BCUT2D eigenvalue weighted by Crippen LogP contribution is -2.35. The fourth-order valence-electron chi connectivity index (χ4n) is 3.29. The Kier molecular flexibility index (Phi) is 8.05. The van der Waals surface area contributed by atoms with Crippen LogP contribution in [0, 0.1) is 18.2 Å². The number of carbonyl (C=O) groups is 1. The smallest absolute Gasteiger partial charge is 0.246 e. The number of carbonyl (C=O) groups excluding carboxylic acids is 1. The molecule has 2 aromatic rings. The van der Waals surface area contributed by atoms with E-state index in [9.17, 15) is 9.18 Å². The number of rotatable bonds is 9. The quantitative estimate of drug-likeness (QED) is 0.350. The molecule has 1 fully saturated rings. The molecule has 3 rings (SSSR count). The highest BCUT2D eigenvalue weighted by Gasteiger charge is 2.21. The molecule has 5 heteroatoms. The molecule has 0 radical (unpaired) electrons. The Morgan fingerprint density at radius 2 is 2.13 bits per heavy atom. The third-order valence-corrected chi connectivity index (χ3v) is 4.84. The van der Waals surface area contributed by atoms with E-state index in [1.807, 2.05) is 24.3 Å². The van der Waals surface area contributed by atoms with E-state index in [1.54, 1.807) is 23.1 Å². The lowest BCUT2D eigenvalue weighted by Gasteiger charge is -2.24. The monoisotopic (exact) mass is 407 g/mol. The van der Waals surface area contributed by atoms with Gasteiger partial charge in [-0.05, 0) is 54.3 Å². The van der Waals surface area contributed by atoms with Gasteiger partial charge in [-0.1, -0.05) is 24.3 Å². The molecule has 156 valence electrons. The first-order chi connectivity index (χ1) is 14.6. The highest BCUT2D eigenvalue weighted by Crippen LogP contribution is 2.18. The van der Waals surface area contributed by atoms with Crippen molar-refractivity contribution >= 4 is 12.0 Å². The topological polar surface area (TPSA) is 38.8 Å². The van der Waals surface area contributed by atoms with Gasteiger partial charge in [0.05, 0.1) is 12.7 Å². The third-order valence-electron chi connectivity index (χ3n) is 4.84. The predicted molar refractivity (Wildman–Crippen MR) is 115 cm³/mol. The first-order valence-corrected chi connectivity index (χ1v) is 10.1. The molecule has 4 nitrogen and oxygen atoms in total. The Morgan fingerprint density at radius 1 is 1.30 bits per heavy atom. The molecule has 1 aliphatic rings. The van der Waals surface area contributed by atoms with Crippen molar-refractivity contribution in [1.29, 1.82) is 0 Å². The van der Waals surface area contributed by atoms with Crippen LogP contribution in [0.1, 0.15) is 30.4 Å². The van der Waals surface area contributed by atoms with Crippen LogP contribution in [-0.4, -0.2) is 36.7 Å². The molecular weight excluding hydrogens is 381 g/mol. The number of terminal acetylenes is 1. The lowest BCUT2D eigenvalue weighted by molar-refractivity contribution is -0.128. The molecule has 0 spiro atoms. The first kappa shape index (κ1) is 21.6. The van der Waals surface area contributed by atoms with Gasteiger partial charge in [-0.2, -0.15) is 0 Å². The van der Waals surface area contributed by atoms with Gasteiger partial charge in [-0.25, -0.2) is 4.39 Å². The average molecular weight is 407 g/mol. The molecule has 1 saturated heterocycles. The van der Waals surface area contributed by atoms with E-state index in [0.29, 0.717) is 31.7 Å². The number of amides is 1. The summed E-state index contributed by atoms with van der Waals surface area (Å²) in [6.07, 6.45) is 10.9. The average Bonchev–Trinajstić information content (AvgIpc) is 3.26. The molecule has 0 bridgehead atoms. The van der Waals surface area contributed by atoms with Crippen molar-refractivity contribution in [2.24, 2.45) is 0 Å². The SMILES string of the molecule is C#CCCOc1ccc(CN(CC2CCCO2)C(=O)/C=C/c2cccc(F)c2)cc1. The maximum Gasteiger partial charge on any atom is 0.246 e. The van der Waals surface area contributed by atoms with Crippen molar-refractivity contribution in [3.8, 4) is 18.1 Å². The van der Waals surface area contributed by atoms with Crippen LogP contribution in [0.15, 0.2) is 54.6 Å². The van der Waals surface area contributed by atoms with Crippen LogP contribution in [0.5, 0.6) is 5.75 Å². The minimum Gasteiger partial charge on any atom is -0.493 e. The van der Waals surface area contributed by atoms with Crippen LogP contribution >= 0.6 is 0 Å². The molecule has 1 heterocycles. The van der Waals surface area contributed by atoms with Crippen molar-refractivity contribution in [1.82, 2.24) is 4.90 Å². The Balaban J connectivity index is 1.67. The summed E-state index contributed by atoms with van der Waals surface area (Å²) in [5.41, 5.74) is 1.64. The van der Waals surface area contributed by atoms with Gasteiger partial charge in [-0.15, -0.1) is 12.3 Å². The molecule has 1 aliphatic heterocycles. The van der Waals surface area contributed by atoms with E-state index in [-0.39, 0.29) is 17.8 Å². The van der Waals surface area contributed by atoms with Gasteiger partial charge < -0.3 is 14.4 Å². The summed E-state index contributed by atoms with van der Waals surface area (Å²) in [5, 5.41) is 0. The van der Waals surface area contributed by atoms with Crippen molar-refractivity contribution in [2.75, 3.05) is 19.8 Å². The largest absolute Gasteiger partial charge is 0.493 e. The number of benzene rings is 2. The highest BCUT2D eigenvalue weighted by molar-refractivity contribution is 5.91. The maximum atomic E-state index is 13.4. The second-order valence-electron chi connectivity index (χ2n) is 7.19. The van der Waals surface area contributed by atoms with Gasteiger partial charge in [0.2, 0.25) is 5.91 Å². The fourth-order valence-corrected chi connectivity index (χ4v) is 3.29. The Hall–Kier alpha value is -3.10. The van der Waals surface area contributed by atoms with E-state index < -0.39 is 0 Å². The Bertz CT molecular complexity index is 895. The van der Waals surface area contributed by atoms with Crippen LogP contribution < -0.4 is 4.74 Å². The fraction of sp³-hybridized carbons (Fsp3) is 0.320. The van der Waals surface area contributed by atoms with E-state index in [0.717, 1.165) is 30.8 Å². The second kappa shape index (κ2) is 11.2. The molecule has 0 aliphatic carbocycles. The van der Waals surface area contributed by atoms with Crippen LogP contribution in [-0.2, 0) is 16.1 Å². The number of ether oxygens (including phenoxy) is 2. The van der Waals surface area contributed by atoms with Crippen molar-refractivity contribution < 1.29 is 18.7 Å². The van der Waals surface area contributed by atoms with Gasteiger partial charge in [-0.3, -0.25) is 4.79 Å². The number of nitrogens with zero attached hydrogens (tertiary/aromatic N) is 1. The van der Waals surface area contributed by atoms with Gasteiger partial charge >= 0.3 is 0 Å². The molecular formula is C25H26FNO3. The number of halogens is 1. The minimum atomic E-state index is -0.328. The summed E-state index contributed by atoms with van der Waals surface area (Å²) in [6, 6.07) is 13.8. The van der Waals surface area contributed by atoms with Gasteiger partial charge in [0.15, 0.2) is 0 Å². The van der Waals surface area contributed by atoms with E-state index in [1.165, 1.54) is 18.2 Å². The highest BCUT2D eigenvalue weighted by atomic mass is 19.1. The molecule has 1 unspecified atom stereocenters. The lowest BCUT2D eigenvalue weighted by atomic mass is 10.1. The summed E-state index contributed by atoms with van der Waals surface area (Å²) in [4.78, 5) is 14.6. The zero-order valence-corrected chi connectivity index (χ0v) is 16.9. The zero-order chi connectivity index (χ0) is 21.2. The van der Waals surface area contributed by atoms with Gasteiger partial charge in [0.1, 0.15) is 11.6 Å². The molecule has 0 aromatic heterocycles. The van der Waals surface area contributed by atoms with E-state index in [4.69, 9.17) is 15.9 Å². The molecule has 1 atom stereocenters. The standard InChI is InChI=1S/C25H26FNO3/c1-2-3-15-29-23-12-9-21(10-13-23)18-27(19-24-8-5-16-30-24)25(28)14-11-20-6-4-7-22(26)17-20/h1,4,6-7,9-14,17,24H,3,5,8,15-16,18-19H2/b14-11+. The minimum absolute atomic E-state index is 0.0443. The van der Waals surface area contributed by atoms with Gasteiger partial charge in [0, 0.05) is 32.2 Å². The van der Waals surface area contributed by atoms with Gasteiger partial charge in [0.25, 0.3) is 0 Å². The van der Waals surface area contributed by atoms with E-state index >= 15 is 0 Å². The van der Waals surface area contributed by atoms with Crippen LogP contribution in [0.3, 0.4) is 0 Å². The third kappa shape index (κ3) is 6.75. The summed E-state index contributed by atoms with van der Waals surface area (Å²) < 4.78 is 24.7. The second-order valence-corrected chi connectivity index (χ2v) is 7.19. The molecule has 0 saturated carbocycles. The van der Waals surface area contributed by atoms with Crippen molar-refractivity contribution in [3.05, 3.63) is 71.6 Å². The summed E-state index contributed by atoms with van der Waals surface area (Å²) >= 11 is 0. The predicted octanol–water partition coefficient (Wildman–Crippen LogP) is 4.45. The maximum absolute atomic E-state index is 13.4. The Labute approximate surface area is 177 Å². The summed E-state index contributed by atoms with van der Waals surface area (Å²) in [7, 11) is 0.